The van der Waals surface area contributed by atoms with Gasteiger partial charge in [0.2, 0.25) is 0 Å². The van der Waals surface area contributed by atoms with Gasteiger partial charge in [-0.3, -0.25) is 0 Å². The van der Waals surface area contributed by atoms with E-state index in [1.807, 2.05) is 0 Å². The monoisotopic (exact) mass is 1090 g/mol. The van der Waals surface area contributed by atoms with E-state index in [0.29, 0.717) is 0 Å². The van der Waals surface area contributed by atoms with Gasteiger partial charge in [0.25, 0.3) is 0 Å². The molecule has 0 radical (unpaired) electrons. The molecule has 0 bridgehead atoms. The number of benzene rings is 16. The Morgan fingerprint density at radius 3 is 0.733 bits per heavy atom. The van der Waals surface area contributed by atoms with Crippen LogP contribution in [0.1, 0.15) is 0 Å². The van der Waals surface area contributed by atoms with Crippen molar-refractivity contribution < 1.29 is 0 Å². The number of hydrogen-bond donors (Lipinski definition) is 0. The minimum Gasteiger partial charge on any atom is -0.310 e. The van der Waals surface area contributed by atoms with Crippen LogP contribution in [-0.4, -0.2) is 0 Å². The average molecular weight is 1090 g/mol. The Labute approximate surface area is 501 Å². The molecule has 0 saturated carbocycles. The van der Waals surface area contributed by atoms with E-state index >= 15 is 0 Å². The quantitative estimate of drug-likeness (QED) is 0.127. The molecule has 2 heteroatoms. The van der Waals surface area contributed by atoms with Gasteiger partial charge in [-0.05, 0) is 170 Å². The van der Waals surface area contributed by atoms with Gasteiger partial charge in [-0.25, -0.2) is 0 Å². The highest BCUT2D eigenvalue weighted by molar-refractivity contribution is 6.19. The Morgan fingerprint density at radius 1 is 0.151 bits per heavy atom. The van der Waals surface area contributed by atoms with Crippen LogP contribution in [0.4, 0.5) is 34.1 Å². The molecular formula is C84H56N2. The summed E-state index contributed by atoms with van der Waals surface area (Å²) < 4.78 is 0. The molecule has 0 N–H and O–H groups in total. The predicted octanol–water partition coefficient (Wildman–Crippen LogP) is 23.9. The predicted molar refractivity (Wildman–Crippen MR) is 368 cm³/mol. The first-order valence-corrected chi connectivity index (χ1v) is 29.7. The van der Waals surface area contributed by atoms with Crippen molar-refractivity contribution in [3.05, 3.63) is 340 Å². The molecular weight excluding hydrogens is 1040 g/mol. The van der Waals surface area contributed by atoms with Gasteiger partial charge in [0, 0.05) is 33.5 Å². The molecule has 402 valence electrons. The zero-order valence-corrected chi connectivity index (χ0v) is 47.2. The van der Waals surface area contributed by atoms with Crippen molar-refractivity contribution in [2.45, 2.75) is 0 Å². The zero-order valence-electron chi connectivity index (χ0n) is 47.2. The molecule has 0 heterocycles. The second-order valence-corrected chi connectivity index (χ2v) is 22.3. The third-order valence-electron chi connectivity index (χ3n) is 17.4. The van der Waals surface area contributed by atoms with Crippen LogP contribution in [0.2, 0.25) is 0 Å². The van der Waals surface area contributed by atoms with E-state index in [0.717, 1.165) is 45.3 Å². The fourth-order valence-electron chi connectivity index (χ4n) is 13.5. The Bertz CT molecular complexity index is 4700. The summed E-state index contributed by atoms with van der Waals surface area (Å²) in [7, 11) is 0. The van der Waals surface area contributed by atoms with Crippen LogP contribution in [0, 0.1) is 0 Å². The van der Waals surface area contributed by atoms with Crippen molar-refractivity contribution in [2.75, 3.05) is 9.80 Å². The van der Waals surface area contributed by atoms with E-state index in [-0.39, 0.29) is 0 Å². The van der Waals surface area contributed by atoms with Crippen LogP contribution in [-0.2, 0) is 0 Å². The summed E-state index contributed by atoms with van der Waals surface area (Å²) in [6.07, 6.45) is 0. The van der Waals surface area contributed by atoms with Gasteiger partial charge in [-0.1, -0.05) is 279 Å². The van der Waals surface area contributed by atoms with Gasteiger partial charge in [0.05, 0.1) is 11.4 Å². The van der Waals surface area contributed by atoms with E-state index in [1.165, 1.54) is 109 Å². The molecule has 0 atom stereocenters. The summed E-state index contributed by atoms with van der Waals surface area (Å²) in [5.41, 5.74) is 18.5. The highest BCUT2D eigenvalue weighted by atomic mass is 15.1. The molecule has 16 rings (SSSR count). The molecule has 0 aliphatic heterocycles. The van der Waals surface area contributed by atoms with E-state index in [2.05, 4.69) is 350 Å². The minimum absolute atomic E-state index is 1.07. The lowest BCUT2D eigenvalue weighted by Crippen LogP contribution is -2.11. The molecule has 0 amide bonds. The number of fused-ring (bicyclic) bond motifs is 6. The van der Waals surface area contributed by atoms with Crippen molar-refractivity contribution >= 4 is 98.8 Å². The molecule has 16 aromatic carbocycles. The van der Waals surface area contributed by atoms with Crippen molar-refractivity contribution in [1.29, 1.82) is 0 Å². The molecule has 0 spiro atoms. The minimum atomic E-state index is 1.07. The lowest BCUT2D eigenvalue weighted by molar-refractivity contribution is 1.29. The highest BCUT2D eigenvalue weighted by Crippen LogP contribution is 2.50. The van der Waals surface area contributed by atoms with E-state index in [9.17, 15) is 0 Å². The van der Waals surface area contributed by atoms with Gasteiger partial charge in [-0.15, -0.1) is 0 Å². The van der Waals surface area contributed by atoms with Crippen molar-refractivity contribution in [1.82, 2.24) is 0 Å². The maximum Gasteiger partial charge on any atom is 0.0540 e. The maximum atomic E-state index is 2.42. The fraction of sp³-hybridized carbons (Fsp3) is 0. The van der Waals surface area contributed by atoms with Crippen LogP contribution in [0.5, 0.6) is 0 Å². The van der Waals surface area contributed by atoms with Crippen molar-refractivity contribution in [2.24, 2.45) is 0 Å². The number of rotatable bonds is 11. The van der Waals surface area contributed by atoms with Gasteiger partial charge in [-0.2, -0.15) is 0 Å². The topological polar surface area (TPSA) is 6.48 Å². The Hall–Kier alpha value is -11.3. The van der Waals surface area contributed by atoms with E-state index in [1.54, 1.807) is 0 Å². The molecule has 0 saturated heterocycles. The maximum absolute atomic E-state index is 2.42. The first-order chi connectivity index (χ1) is 42.7. The largest absolute Gasteiger partial charge is 0.310 e. The van der Waals surface area contributed by atoms with Crippen LogP contribution < -0.4 is 9.80 Å². The fourth-order valence-corrected chi connectivity index (χ4v) is 13.5. The van der Waals surface area contributed by atoms with Gasteiger partial charge in [0.15, 0.2) is 0 Å². The standard InChI is InChI=1S/C84H56N2/c1-3-29-63(30-4-1)85(81-55-53-77(73-39-17-27-61-23-9-13-35-69(61)73)83-75(41-19-43-79(81)83)71-37-15-25-59-21-7-11-33-67(59)71)65-49-45-57(46-50-65)58-47-51-66(52-48-58)86(64-31-5-2-6-32-64)82-56-54-78(74-40-18-28-62-24-10-14-36-70(62)74)84-76(42-20-44-80(82)84)72-38-16-26-60-22-8-12-34-68(60)72/h1-56H. The second kappa shape index (κ2) is 21.5. The lowest BCUT2D eigenvalue weighted by Gasteiger charge is -2.29. The van der Waals surface area contributed by atoms with Crippen LogP contribution in [0.3, 0.4) is 0 Å². The van der Waals surface area contributed by atoms with E-state index in [4.69, 9.17) is 0 Å². The second-order valence-electron chi connectivity index (χ2n) is 22.3. The van der Waals surface area contributed by atoms with Gasteiger partial charge < -0.3 is 9.80 Å². The molecule has 0 aliphatic carbocycles. The Balaban J connectivity index is 0.818. The average Bonchev–Trinajstić information content (AvgIpc) is 2.35. The third-order valence-corrected chi connectivity index (χ3v) is 17.4. The third kappa shape index (κ3) is 8.74. The van der Waals surface area contributed by atoms with Crippen molar-refractivity contribution in [3.8, 4) is 55.6 Å². The van der Waals surface area contributed by atoms with Crippen molar-refractivity contribution in [3.63, 3.8) is 0 Å². The van der Waals surface area contributed by atoms with Gasteiger partial charge in [0.1, 0.15) is 0 Å². The Kier molecular flexibility index (Phi) is 12.6. The summed E-state index contributed by atoms with van der Waals surface area (Å²) in [6, 6.07) is 125. The molecule has 0 fully saturated rings. The lowest BCUT2D eigenvalue weighted by atomic mass is 9.87. The summed E-state index contributed by atoms with van der Waals surface area (Å²) in [4.78, 5) is 4.85. The first kappa shape index (κ1) is 50.4. The summed E-state index contributed by atoms with van der Waals surface area (Å²) in [5, 5.41) is 14.6. The highest BCUT2D eigenvalue weighted by Gasteiger charge is 2.24. The van der Waals surface area contributed by atoms with E-state index < -0.39 is 0 Å². The number of hydrogen-bond acceptors (Lipinski definition) is 2. The summed E-state index contributed by atoms with van der Waals surface area (Å²) >= 11 is 0. The molecule has 16 aromatic rings. The smallest absolute Gasteiger partial charge is 0.0540 e. The summed E-state index contributed by atoms with van der Waals surface area (Å²) in [5.74, 6) is 0. The number of anilines is 6. The van der Waals surface area contributed by atoms with Crippen LogP contribution in [0.25, 0.3) is 120 Å². The first-order valence-electron chi connectivity index (χ1n) is 29.7. The Morgan fingerprint density at radius 2 is 0.395 bits per heavy atom. The molecule has 0 aliphatic rings. The zero-order chi connectivity index (χ0) is 56.9. The van der Waals surface area contributed by atoms with Crippen LogP contribution >= 0.6 is 0 Å². The number of nitrogens with zero attached hydrogens (tertiary/aromatic N) is 2. The summed E-state index contributed by atoms with van der Waals surface area (Å²) in [6.45, 7) is 0. The number of para-hydroxylation sites is 2. The normalized spacial score (nSPS) is 11.5. The SMILES string of the molecule is c1ccc(N(c2ccc(-c3ccc(N(c4ccccc4)c4ccc(-c5cccc6ccccc56)c5c(-c6cccc7ccccc67)cccc45)cc3)cc2)c2ccc(-c3cccc4ccccc34)c3c(-c4cccc5ccccc45)cccc23)cc1. The molecule has 86 heavy (non-hydrogen) atoms. The van der Waals surface area contributed by atoms with Crippen LogP contribution in [0.15, 0.2) is 340 Å². The molecule has 2 nitrogen and oxygen atoms in total. The molecule has 0 aromatic heterocycles. The molecule has 0 unspecified atom stereocenters. The van der Waals surface area contributed by atoms with Gasteiger partial charge >= 0.3 is 0 Å².